The van der Waals surface area contributed by atoms with Gasteiger partial charge in [-0.2, -0.15) is 10.2 Å². The van der Waals surface area contributed by atoms with E-state index in [4.69, 9.17) is 0 Å². The Hall–Kier alpha value is -2.77. The summed E-state index contributed by atoms with van der Waals surface area (Å²) < 4.78 is 2.96. The fourth-order valence-corrected chi connectivity index (χ4v) is 2.05. The van der Waals surface area contributed by atoms with Gasteiger partial charge in [-0.1, -0.05) is 0 Å². The predicted octanol–water partition coefficient (Wildman–Crippen LogP) is 1.57. The lowest BCUT2D eigenvalue weighted by Crippen LogP contribution is -2.01. The number of nitro groups is 1. The van der Waals surface area contributed by atoms with E-state index in [2.05, 4.69) is 10.2 Å². The van der Waals surface area contributed by atoms with Crippen LogP contribution in [0.25, 0.3) is 6.08 Å². The molecule has 21 heavy (non-hydrogen) atoms. The molecule has 0 aliphatic heterocycles. The van der Waals surface area contributed by atoms with Gasteiger partial charge >= 0.3 is 5.69 Å². The Morgan fingerprint density at radius 2 is 2.00 bits per heavy atom. The largest absolute Gasteiger partial charge is 0.318 e. The van der Waals surface area contributed by atoms with Crippen LogP contribution < -0.4 is 0 Å². The van der Waals surface area contributed by atoms with E-state index in [0.29, 0.717) is 0 Å². The molecule has 0 fully saturated rings. The number of aromatic nitrogens is 4. The van der Waals surface area contributed by atoms with Crippen molar-refractivity contribution in [2.45, 2.75) is 13.8 Å². The van der Waals surface area contributed by atoms with Crippen LogP contribution in [0.3, 0.4) is 0 Å². The van der Waals surface area contributed by atoms with Gasteiger partial charge in [-0.25, -0.2) is 0 Å². The Morgan fingerprint density at radius 3 is 2.52 bits per heavy atom. The zero-order chi connectivity index (χ0) is 15.7. The second kappa shape index (κ2) is 5.31. The topological polar surface area (TPSA) is 95.8 Å². The van der Waals surface area contributed by atoms with Crippen molar-refractivity contribution >= 4 is 17.5 Å². The van der Waals surface area contributed by atoms with Crippen LogP contribution in [0.1, 0.15) is 27.4 Å². The van der Waals surface area contributed by atoms with Gasteiger partial charge in [0.05, 0.1) is 10.6 Å². The highest BCUT2D eigenvalue weighted by Gasteiger charge is 2.23. The summed E-state index contributed by atoms with van der Waals surface area (Å²) in [7, 11) is 3.34. The summed E-state index contributed by atoms with van der Waals surface area (Å²) in [6.07, 6.45) is 4.10. The number of hydrogen-bond acceptors (Lipinski definition) is 5. The molecule has 0 saturated heterocycles. The molecule has 8 nitrogen and oxygen atoms in total. The van der Waals surface area contributed by atoms with Gasteiger partial charge in [-0.05, 0) is 26.0 Å². The molecule has 2 rings (SSSR count). The minimum atomic E-state index is -0.616. The molecule has 0 aliphatic rings. The smallest absolute Gasteiger partial charge is 0.287 e. The molecule has 0 aromatic carbocycles. The summed E-state index contributed by atoms with van der Waals surface area (Å²) in [5.74, 6) is -0.509. The summed E-state index contributed by atoms with van der Waals surface area (Å²) in [6.45, 7) is 3.72. The molecule has 2 aromatic rings. The van der Waals surface area contributed by atoms with E-state index >= 15 is 0 Å². The first-order valence-corrected chi connectivity index (χ1v) is 6.22. The molecule has 0 amide bonds. The van der Waals surface area contributed by atoms with Gasteiger partial charge in [0.25, 0.3) is 0 Å². The lowest BCUT2D eigenvalue weighted by Gasteiger charge is -1.94. The van der Waals surface area contributed by atoms with Gasteiger partial charge in [-0.15, -0.1) is 0 Å². The van der Waals surface area contributed by atoms with Crippen LogP contribution in [-0.4, -0.2) is 30.3 Å². The highest BCUT2D eigenvalue weighted by atomic mass is 16.6. The van der Waals surface area contributed by atoms with E-state index in [9.17, 15) is 14.9 Å². The van der Waals surface area contributed by atoms with E-state index in [1.54, 1.807) is 10.8 Å². The number of carbonyl (C=O) groups is 1. The number of allylic oxidation sites excluding steroid dienone is 1. The maximum absolute atomic E-state index is 12.1. The normalized spacial score (nSPS) is 11.2. The van der Waals surface area contributed by atoms with Crippen molar-refractivity contribution in [3.8, 4) is 0 Å². The second-order valence-electron chi connectivity index (χ2n) is 4.70. The predicted molar refractivity (Wildman–Crippen MR) is 75.9 cm³/mol. The average Bonchev–Trinajstić information content (AvgIpc) is 2.90. The monoisotopic (exact) mass is 289 g/mol. The SMILES string of the molecule is Cc1nn(C)c(C)c1/C=C/C(=O)c1nn(C)cc1[N+](=O)[O-]. The summed E-state index contributed by atoms with van der Waals surface area (Å²) in [5.41, 5.74) is 2.05. The Bertz CT molecular complexity index is 754. The Labute approximate surface area is 120 Å². The zero-order valence-corrected chi connectivity index (χ0v) is 12.2. The molecule has 0 saturated carbocycles. The van der Waals surface area contributed by atoms with Crippen molar-refractivity contribution in [2.75, 3.05) is 0 Å². The molecule has 2 aromatic heterocycles. The molecule has 2 heterocycles. The first kappa shape index (κ1) is 14.6. The van der Waals surface area contributed by atoms with Crippen LogP contribution in [-0.2, 0) is 14.1 Å². The third kappa shape index (κ3) is 2.73. The van der Waals surface area contributed by atoms with Gasteiger partial charge in [0, 0.05) is 25.4 Å². The lowest BCUT2D eigenvalue weighted by atomic mass is 10.1. The standard InChI is InChI=1S/C13H15N5O3/c1-8-10(9(2)17(4)14-8)5-6-12(19)13-11(18(20)21)7-16(3)15-13/h5-7H,1-4H3/b6-5+. The molecular weight excluding hydrogens is 274 g/mol. The summed E-state index contributed by atoms with van der Waals surface area (Å²) >= 11 is 0. The second-order valence-corrected chi connectivity index (χ2v) is 4.70. The van der Waals surface area contributed by atoms with Crippen LogP contribution in [0.2, 0.25) is 0 Å². The third-order valence-corrected chi connectivity index (χ3v) is 3.21. The molecule has 0 aliphatic carbocycles. The van der Waals surface area contributed by atoms with Gasteiger partial charge < -0.3 is 0 Å². The molecular formula is C13H15N5O3. The Kier molecular flexibility index (Phi) is 3.70. The fourth-order valence-electron chi connectivity index (χ4n) is 2.05. The van der Waals surface area contributed by atoms with Crippen molar-refractivity contribution in [3.63, 3.8) is 0 Å². The summed E-state index contributed by atoms with van der Waals surface area (Å²) in [5, 5.41) is 19.0. The number of nitrogens with zero attached hydrogens (tertiary/aromatic N) is 5. The van der Waals surface area contributed by atoms with Gasteiger partial charge in [-0.3, -0.25) is 24.3 Å². The van der Waals surface area contributed by atoms with E-state index in [1.165, 1.54) is 24.0 Å². The molecule has 0 atom stereocenters. The van der Waals surface area contributed by atoms with Crippen LogP contribution in [0, 0.1) is 24.0 Å². The van der Waals surface area contributed by atoms with Crippen molar-refractivity contribution in [1.82, 2.24) is 19.6 Å². The van der Waals surface area contributed by atoms with Crippen LogP contribution in [0.15, 0.2) is 12.3 Å². The highest BCUT2D eigenvalue weighted by Crippen LogP contribution is 2.19. The van der Waals surface area contributed by atoms with Crippen LogP contribution in [0.5, 0.6) is 0 Å². The molecule has 0 radical (unpaired) electrons. The zero-order valence-electron chi connectivity index (χ0n) is 12.2. The molecule has 0 bridgehead atoms. The third-order valence-electron chi connectivity index (χ3n) is 3.21. The lowest BCUT2D eigenvalue weighted by molar-refractivity contribution is -0.385. The van der Waals surface area contributed by atoms with E-state index < -0.39 is 10.7 Å². The molecule has 0 N–H and O–H groups in total. The minimum absolute atomic E-state index is 0.169. The number of hydrogen-bond donors (Lipinski definition) is 0. The molecule has 110 valence electrons. The number of aryl methyl sites for hydroxylation is 3. The van der Waals surface area contributed by atoms with Crippen molar-refractivity contribution in [3.05, 3.63) is 45.0 Å². The van der Waals surface area contributed by atoms with E-state index in [-0.39, 0.29) is 11.4 Å². The maximum Gasteiger partial charge on any atom is 0.318 e. The molecule has 0 spiro atoms. The quantitative estimate of drug-likeness (QED) is 0.368. The molecule has 0 unspecified atom stereocenters. The van der Waals surface area contributed by atoms with Crippen molar-refractivity contribution in [2.24, 2.45) is 14.1 Å². The van der Waals surface area contributed by atoms with Crippen molar-refractivity contribution in [1.29, 1.82) is 0 Å². The number of rotatable bonds is 4. The minimum Gasteiger partial charge on any atom is -0.287 e. The van der Waals surface area contributed by atoms with Gasteiger partial charge in [0.1, 0.15) is 6.20 Å². The van der Waals surface area contributed by atoms with Crippen LogP contribution in [0.4, 0.5) is 5.69 Å². The summed E-state index contributed by atoms with van der Waals surface area (Å²) in [6, 6.07) is 0. The van der Waals surface area contributed by atoms with Crippen LogP contribution >= 0.6 is 0 Å². The van der Waals surface area contributed by atoms with E-state index in [1.807, 2.05) is 20.9 Å². The fraction of sp³-hybridized carbons (Fsp3) is 0.308. The Morgan fingerprint density at radius 1 is 1.33 bits per heavy atom. The van der Waals surface area contributed by atoms with Crippen molar-refractivity contribution < 1.29 is 9.72 Å². The number of carbonyl (C=O) groups excluding carboxylic acids is 1. The molecule has 8 heteroatoms. The first-order valence-electron chi connectivity index (χ1n) is 6.22. The van der Waals surface area contributed by atoms with Gasteiger partial charge in [0.15, 0.2) is 0 Å². The highest BCUT2D eigenvalue weighted by molar-refractivity contribution is 6.08. The Balaban J connectivity index is 2.34. The average molecular weight is 289 g/mol. The summed E-state index contributed by atoms with van der Waals surface area (Å²) in [4.78, 5) is 22.4. The van der Waals surface area contributed by atoms with E-state index in [0.717, 1.165) is 17.0 Å². The van der Waals surface area contributed by atoms with Gasteiger partial charge in [0.2, 0.25) is 11.5 Å². The number of ketones is 1. The maximum atomic E-state index is 12.1. The first-order chi connectivity index (χ1) is 9.81.